The minimum absolute atomic E-state index is 0.251. The summed E-state index contributed by atoms with van der Waals surface area (Å²) < 4.78 is 4.70. The maximum absolute atomic E-state index is 11.6. The number of nitrogens with zero attached hydrogens (tertiary/aromatic N) is 2. The first-order chi connectivity index (χ1) is 7.65. The van der Waals surface area contributed by atoms with Crippen LogP contribution in [0.3, 0.4) is 0 Å². The van der Waals surface area contributed by atoms with E-state index in [9.17, 15) is 9.59 Å². The van der Waals surface area contributed by atoms with Crippen molar-refractivity contribution in [1.29, 1.82) is 0 Å². The lowest BCUT2D eigenvalue weighted by molar-refractivity contribution is -0.145. The second kappa shape index (κ2) is 5.85. The van der Waals surface area contributed by atoms with Gasteiger partial charge in [-0.25, -0.2) is 0 Å². The van der Waals surface area contributed by atoms with Gasteiger partial charge in [-0.05, 0) is 19.1 Å². The standard InChI is InChI=1S/C11H14N2O3/c1-3-16-11(15)7-10(14)13(2)9-5-4-6-12-8-9/h4-6,8H,3,7H2,1-2H3. The Hall–Kier alpha value is -1.91. The topological polar surface area (TPSA) is 59.5 Å². The molecule has 1 heterocycles. The average Bonchev–Trinajstić information content (AvgIpc) is 2.29. The average molecular weight is 222 g/mol. The van der Waals surface area contributed by atoms with E-state index in [-0.39, 0.29) is 18.9 Å². The largest absolute Gasteiger partial charge is 0.466 e. The van der Waals surface area contributed by atoms with Gasteiger partial charge < -0.3 is 9.64 Å². The van der Waals surface area contributed by atoms with Crippen LogP contribution < -0.4 is 4.90 Å². The molecule has 0 bridgehead atoms. The van der Waals surface area contributed by atoms with E-state index in [1.165, 1.54) is 4.90 Å². The Balaban J connectivity index is 2.58. The molecule has 16 heavy (non-hydrogen) atoms. The Labute approximate surface area is 94.0 Å². The van der Waals surface area contributed by atoms with E-state index < -0.39 is 5.97 Å². The molecule has 0 unspecified atom stereocenters. The third kappa shape index (κ3) is 3.34. The van der Waals surface area contributed by atoms with Crippen LogP contribution in [0.2, 0.25) is 0 Å². The number of carbonyl (C=O) groups excluding carboxylic acids is 2. The molecular weight excluding hydrogens is 208 g/mol. The predicted octanol–water partition coefficient (Wildman–Crippen LogP) is 0.998. The molecule has 1 aromatic rings. The lowest BCUT2D eigenvalue weighted by Crippen LogP contribution is -2.28. The Kier molecular flexibility index (Phi) is 4.44. The van der Waals surface area contributed by atoms with Crippen molar-refractivity contribution in [3.8, 4) is 0 Å². The Bertz CT molecular complexity index is 365. The molecule has 86 valence electrons. The third-order valence-electron chi connectivity index (χ3n) is 2.01. The zero-order valence-corrected chi connectivity index (χ0v) is 9.34. The van der Waals surface area contributed by atoms with Crippen LogP contribution in [0.4, 0.5) is 5.69 Å². The number of carbonyl (C=O) groups is 2. The van der Waals surface area contributed by atoms with Crippen molar-refractivity contribution in [2.24, 2.45) is 0 Å². The van der Waals surface area contributed by atoms with Gasteiger partial charge in [-0.3, -0.25) is 14.6 Å². The lowest BCUT2D eigenvalue weighted by Gasteiger charge is -2.15. The molecule has 0 N–H and O–H groups in total. The predicted molar refractivity (Wildman–Crippen MR) is 58.9 cm³/mol. The van der Waals surface area contributed by atoms with E-state index >= 15 is 0 Å². The Morgan fingerprint density at radius 2 is 2.25 bits per heavy atom. The molecule has 0 atom stereocenters. The van der Waals surface area contributed by atoms with Crippen LogP contribution in [0.25, 0.3) is 0 Å². The van der Waals surface area contributed by atoms with Crippen molar-refractivity contribution in [3.63, 3.8) is 0 Å². The monoisotopic (exact) mass is 222 g/mol. The number of rotatable bonds is 4. The van der Waals surface area contributed by atoms with E-state index in [1.54, 1.807) is 38.5 Å². The first-order valence-corrected chi connectivity index (χ1v) is 4.97. The van der Waals surface area contributed by atoms with Gasteiger partial charge in [0.1, 0.15) is 6.42 Å². The molecule has 5 nitrogen and oxygen atoms in total. The third-order valence-corrected chi connectivity index (χ3v) is 2.01. The summed E-state index contributed by atoms with van der Waals surface area (Å²) in [6.45, 7) is 1.98. The molecule has 0 aromatic carbocycles. The number of esters is 1. The number of pyridine rings is 1. The van der Waals surface area contributed by atoms with Crippen molar-refractivity contribution < 1.29 is 14.3 Å². The molecule has 0 saturated heterocycles. The normalized spacial score (nSPS) is 9.62. The minimum atomic E-state index is -0.511. The lowest BCUT2D eigenvalue weighted by atomic mass is 10.3. The van der Waals surface area contributed by atoms with Gasteiger partial charge in [0, 0.05) is 13.2 Å². The molecule has 0 fully saturated rings. The second-order valence-electron chi connectivity index (χ2n) is 3.15. The number of hydrogen-bond acceptors (Lipinski definition) is 4. The smallest absolute Gasteiger partial charge is 0.315 e. The molecule has 0 radical (unpaired) electrons. The summed E-state index contributed by atoms with van der Waals surface area (Å²) in [7, 11) is 1.60. The molecule has 0 saturated carbocycles. The second-order valence-corrected chi connectivity index (χ2v) is 3.15. The number of hydrogen-bond donors (Lipinski definition) is 0. The Morgan fingerprint density at radius 3 is 2.81 bits per heavy atom. The summed E-state index contributed by atoms with van der Waals surface area (Å²) in [5.74, 6) is -0.824. The molecular formula is C11H14N2O3. The zero-order valence-electron chi connectivity index (χ0n) is 9.34. The highest BCUT2D eigenvalue weighted by Crippen LogP contribution is 2.10. The van der Waals surface area contributed by atoms with Crippen LogP contribution in [-0.4, -0.2) is 30.5 Å². The van der Waals surface area contributed by atoms with E-state index in [4.69, 9.17) is 4.74 Å². The fourth-order valence-corrected chi connectivity index (χ4v) is 1.15. The molecule has 1 aromatic heterocycles. The molecule has 0 spiro atoms. The number of aromatic nitrogens is 1. The molecule has 5 heteroatoms. The maximum atomic E-state index is 11.6. The van der Waals surface area contributed by atoms with Crippen LogP contribution in [0.5, 0.6) is 0 Å². The molecule has 1 rings (SSSR count). The van der Waals surface area contributed by atoms with Crippen LogP contribution in [0, 0.1) is 0 Å². The maximum Gasteiger partial charge on any atom is 0.315 e. The zero-order chi connectivity index (χ0) is 12.0. The fraction of sp³-hybridized carbons (Fsp3) is 0.364. The van der Waals surface area contributed by atoms with Crippen molar-refractivity contribution in [3.05, 3.63) is 24.5 Å². The summed E-state index contributed by atoms with van der Waals surface area (Å²) in [6.07, 6.45) is 2.93. The quantitative estimate of drug-likeness (QED) is 0.563. The van der Waals surface area contributed by atoms with Crippen LogP contribution in [-0.2, 0) is 14.3 Å². The van der Waals surface area contributed by atoms with E-state index in [2.05, 4.69) is 4.98 Å². The minimum Gasteiger partial charge on any atom is -0.466 e. The van der Waals surface area contributed by atoms with Crippen molar-refractivity contribution >= 4 is 17.6 Å². The van der Waals surface area contributed by atoms with E-state index in [0.717, 1.165) is 0 Å². The highest BCUT2D eigenvalue weighted by Gasteiger charge is 2.15. The first-order valence-electron chi connectivity index (χ1n) is 4.97. The van der Waals surface area contributed by atoms with Gasteiger partial charge in [-0.2, -0.15) is 0 Å². The summed E-state index contributed by atoms with van der Waals surface area (Å²) in [4.78, 5) is 28.0. The highest BCUT2D eigenvalue weighted by atomic mass is 16.5. The molecule has 1 amide bonds. The van der Waals surface area contributed by atoms with Gasteiger partial charge in [-0.15, -0.1) is 0 Å². The van der Waals surface area contributed by atoms with Crippen molar-refractivity contribution in [2.75, 3.05) is 18.6 Å². The van der Waals surface area contributed by atoms with Gasteiger partial charge in [0.15, 0.2) is 0 Å². The highest BCUT2D eigenvalue weighted by molar-refractivity contribution is 6.02. The van der Waals surface area contributed by atoms with Crippen molar-refractivity contribution in [2.45, 2.75) is 13.3 Å². The SMILES string of the molecule is CCOC(=O)CC(=O)N(C)c1cccnc1. The van der Waals surface area contributed by atoms with Gasteiger partial charge >= 0.3 is 5.97 Å². The van der Waals surface area contributed by atoms with E-state index in [1.807, 2.05) is 0 Å². The van der Waals surface area contributed by atoms with Gasteiger partial charge in [0.05, 0.1) is 18.5 Å². The molecule has 0 aliphatic heterocycles. The molecule has 0 aliphatic rings. The van der Waals surface area contributed by atoms with Crippen molar-refractivity contribution in [1.82, 2.24) is 4.98 Å². The van der Waals surface area contributed by atoms with Gasteiger partial charge in [0.2, 0.25) is 5.91 Å². The molecule has 0 aliphatic carbocycles. The first kappa shape index (κ1) is 12.2. The fourth-order valence-electron chi connectivity index (χ4n) is 1.15. The van der Waals surface area contributed by atoms with Gasteiger partial charge in [0.25, 0.3) is 0 Å². The van der Waals surface area contributed by atoms with Gasteiger partial charge in [-0.1, -0.05) is 0 Å². The van der Waals surface area contributed by atoms with Crippen LogP contribution in [0.1, 0.15) is 13.3 Å². The number of ether oxygens (including phenoxy) is 1. The van der Waals surface area contributed by atoms with Crippen LogP contribution >= 0.6 is 0 Å². The van der Waals surface area contributed by atoms with Crippen LogP contribution in [0.15, 0.2) is 24.5 Å². The summed E-state index contributed by atoms with van der Waals surface area (Å²) in [5.41, 5.74) is 0.650. The number of amides is 1. The summed E-state index contributed by atoms with van der Waals surface area (Å²) in [5, 5.41) is 0. The summed E-state index contributed by atoms with van der Waals surface area (Å²) in [6, 6.07) is 3.47. The Morgan fingerprint density at radius 1 is 1.50 bits per heavy atom. The number of anilines is 1. The summed E-state index contributed by atoms with van der Waals surface area (Å²) >= 11 is 0. The van der Waals surface area contributed by atoms with E-state index in [0.29, 0.717) is 5.69 Å².